The van der Waals surface area contributed by atoms with E-state index < -0.39 is 16.4 Å². The van der Waals surface area contributed by atoms with E-state index in [0.29, 0.717) is 44.0 Å². The minimum atomic E-state index is -0.807. The highest BCUT2D eigenvalue weighted by Gasteiger charge is 2.71. The van der Waals surface area contributed by atoms with Crippen molar-refractivity contribution in [2.75, 3.05) is 0 Å². The number of aromatic nitrogens is 2. The minimum Gasteiger partial charge on any atom is -0.464 e. The number of rotatable bonds is 10. The van der Waals surface area contributed by atoms with E-state index in [-0.39, 0.29) is 87.3 Å². The molecule has 7 aliphatic carbocycles. The number of carbonyl (C=O) groups is 5. The summed E-state index contributed by atoms with van der Waals surface area (Å²) in [4.78, 5) is 75.3. The highest BCUT2D eigenvalue weighted by Crippen LogP contribution is 2.76. The molecule has 0 saturated heterocycles. The lowest BCUT2D eigenvalue weighted by Crippen LogP contribution is -2.68. The van der Waals surface area contributed by atoms with Crippen LogP contribution >= 0.6 is 0 Å². The smallest absolute Gasteiger partial charge is 0.310 e. The van der Waals surface area contributed by atoms with Gasteiger partial charge in [0.2, 0.25) is 11.7 Å². The highest BCUT2D eigenvalue weighted by atomic mass is 16.6. The van der Waals surface area contributed by atoms with Gasteiger partial charge in [-0.25, -0.2) is 9.97 Å². The van der Waals surface area contributed by atoms with Crippen molar-refractivity contribution < 1.29 is 33.4 Å². The third-order valence-corrected chi connectivity index (χ3v) is 18.8. The molecule has 58 heavy (non-hydrogen) atoms. The molecule has 0 aromatic carbocycles. The molecule has 0 radical (unpaired) electrons. The van der Waals surface area contributed by atoms with Crippen LogP contribution in [0.1, 0.15) is 163 Å². The second kappa shape index (κ2) is 13.8. The van der Waals surface area contributed by atoms with Crippen LogP contribution in [0.5, 0.6) is 0 Å². The summed E-state index contributed by atoms with van der Waals surface area (Å²) in [5.41, 5.74) is -0.0708. The molecule has 7 aliphatic rings. The Morgan fingerprint density at radius 1 is 0.845 bits per heavy atom. The molecule has 1 heterocycles. The SMILES string of the molecule is CC(C)C1=C2[C@H]3CC[C@@H]4[C@@]5(C)CC[C@H](OC(=O)[C@H]6C[C@@H](OC=O)C6(C)C)C(C)(C)[C@@H]5CC[C@@]4(C)[C@]3(C)CC[C@@]2(NC(=O)C2(CC(=O)c3ncccn3)CCC2)CC1=O. The zero-order chi connectivity index (χ0) is 41.8. The Labute approximate surface area is 345 Å². The third kappa shape index (κ3) is 5.78. The Kier molecular flexibility index (Phi) is 9.83. The number of hydrogen-bond donors (Lipinski definition) is 1. The summed E-state index contributed by atoms with van der Waals surface area (Å²) >= 11 is 0. The number of Topliss-reactive ketones (excluding diaryl/α,β-unsaturated/α-hetero) is 2. The van der Waals surface area contributed by atoms with Crippen LogP contribution in [-0.4, -0.2) is 57.6 Å². The molecule has 10 nitrogen and oxygen atoms in total. The van der Waals surface area contributed by atoms with E-state index in [0.717, 1.165) is 63.4 Å². The molecular formula is C48H67N3O7. The van der Waals surface area contributed by atoms with Crippen LogP contribution in [0.4, 0.5) is 0 Å². The summed E-state index contributed by atoms with van der Waals surface area (Å²) in [6.45, 7) is 21.0. The van der Waals surface area contributed by atoms with Gasteiger partial charge in [0.15, 0.2) is 11.6 Å². The summed E-state index contributed by atoms with van der Waals surface area (Å²) in [5, 5.41) is 3.58. The van der Waals surface area contributed by atoms with Gasteiger partial charge < -0.3 is 14.8 Å². The van der Waals surface area contributed by atoms with Gasteiger partial charge in [0.25, 0.3) is 6.47 Å². The standard InChI is InChI=1S/C48H67N3O7/c1-28(2)37-31(53)26-48(51-41(56)47(16-10-17-47)25-32(54)39-49-22-11-23-50-39)21-20-45(8)29(38(37)48)12-13-34-44(7)18-15-35(43(5,6)33(44)14-19-46(34,45)9)58-40(55)30-24-36(57-27-52)42(30,3)4/h11,22-23,27-30,33-36H,10,12-21,24-26H2,1-9H3,(H,51,56)/t29-,30-,33+,34-,35+,36-,44+,45-,46-,48-/m1/s1. The maximum absolute atomic E-state index is 14.6. The van der Waals surface area contributed by atoms with Gasteiger partial charge >= 0.3 is 5.97 Å². The average Bonchev–Trinajstić information content (AvgIpc) is 3.44. The fraction of sp³-hybridized carbons (Fsp3) is 0.771. The normalized spacial score (nSPS) is 40.4. The monoisotopic (exact) mass is 797 g/mol. The quantitative estimate of drug-likeness (QED) is 0.140. The number of hydrogen-bond acceptors (Lipinski definition) is 9. The molecule has 10 atom stereocenters. The van der Waals surface area contributed by atoms with Crippen molar-refractivity contribution in [3.05, 3.63) is 35.4 Å². The molecule has 1 amide bonds. The first-order valence-corrected chi connectivity index (χ1v) is 22.4. The van der Waals surface area contributed by atoms with Crippen LogP contribution in [0.25, 0.3) is 0 Å². The van der Waals surface area contributed by atoms with Gasteiger partial charge in [-0.3, -0.25) is 24.0 Å². The molecular weight excluding hydrogens is 731 g/mol. The maximum atomic E-state index is 14.6. The van der Waals surface area contributed by atoms with Crippen molar-refractivity contribution in [2.24, 2.45) is 62.1 Å². The second-order valence-electron chi connectivity index (χ2n) is 22.2. The molecule has 0 aliphatic heterocycles. The van der Waals surface area contributed by atoms with Crippen molar-refractivity contribution >= 4 is 29.9 Å². The van der Waals surface area contributed by atoms with Gasteiger partial charge in [0.1, 0.15) is 12.2 Å². The zero-order valence-electron chi connectivity index (χ0n) is 36.5. The molecule has 6 fully saturated rings. The van der Waals surface area contributed by atoms with E-state index in [1.54, 1.807) is 18.5 Å². The number of nitrogens with one attached hydrogen (secondary N) is 1. The molecule has 316 valence electrons. The molecule has 8 rings (SSSR count). The van der Waals surface area contributed by atoms with Crippen molar-refractivity contribution in [2.45, 2.75) is 170 Å². The number of allylic oxidation sites excluding steroid dienone is 1. The first kappa shape index (κ1) is 41.3. The van der Waals surface area contributed by atoms with Crippen molar-refractivity contribution in [3.8, 4) is 0 Å². The summed E-state index contributed by atoms with van der Waals surface area (Å²) in [7, 11) is 0. The van der Waals surface area contributed by atoms with Crippen LogP contribution < -0.4 is 5.32 Å². The number of amides is 1. The lowest BCUT2D eigenvalue weighted by molar-refractivity contribution is -0.236. The van der Waals surface area contributed by atoms with Crippen LogP contribution in [-0.2, 0) is 28.7 Å². The molecule has 1 aromatic heterocycles. The second-order valence-corrected chi connectivity index (χ2v) is 22.2. The lowest BCUT2D eigenvalue weighted by Gasteiger charge is -2.72. The van der Waals surface area contributed by atoms with Crippen LogP contribution in [0.3, 0.4) is 0 Å². The first-order chi connectivity index (χ1) is 27.2. The molecule has 1 N–H and O–H groups in total. The summed E-state index contributed by atoms with van der Waals surface area (Å²) < 4.78 is 11.7. The Bertz CT molecular complexity index is 1920. The zero-order valence-corrected chi connectivity index (χ0v) is 36.5. The van der Waals surface area contributed by atoms with Crippen molar-refractivity contribution in [1.29, 1.82) is 0 Å². The predicted octanol–water partition coefficient (Wildman–Crippen LogP) is 8.57. The Morgan fingerprint density at radius 3 is 2.17 bits per heavy atom. The van der Waals surface area contributed by atoms with Crippen LogP contribution in [0.2, 0.25) is 0 Å². The molecule has 0 bridgehead atoms. The fourth-order valence-corrected chi connectivity index (χ4v) is 15.0. The Morgan fingerprint density at radius 2 is 1.55 bits per heavy atom. The number of ketones is 2. The number of nitrogens with zero attached hydrogens (tertiary/aromatic N) is 2. The van der Waals surface area contributed by atoms with Gasteiger partial charge in [0, 0.05) is 36.1 Å². The summed E-state index contributed by atoms with van der Waals surface area (Å²) in [6, 6.07) is 1.68. The van der Waals surface area contributed by atoms with Gasteiger partial charge in [-0.1, -0.05) is 68.7 Å². The van der Waals surface area contributed by atoms with Gasteiger partial charge in [0.05, 0.1) is 16.9 Å². The Balaban J connectivity index is 1.05. The van der Waals surface area contributed by atoms with E-state index in [2.05, 4.69) is 63.8 Å². The minimum absolute atomic E-state index is 0.0124. The fourth-order valence-electron chi connectivity index (χ4n) is 15.0. The van der Waals surface area contributed by atoms with Crippen LogP contribution in [0.15, 0.2) is 29.6 Å². The number of ether oxygens (including phenoxy) is 2. The predicted molar refractivity (Wildman–Crippen MR) is 218 cm³/mol. The van der Waals surface area contributed by atoms with E-state index in [9.17, 15) is 24.0 Å². The number of fused-ring (bicyclic) bond motifs is 7. The summed E-state index contributed by atoms with van der Waals surface area (Å²) in [6.07, 6.45) is 13.4. The molecule has 6 saturated carbocycles. The third-order valence-electron chi connectivity index (χ3n) is 18.8. The Hall–Kier alpha value is -3.43. The van der Waals surface area contributed by atoms with Gasteiger partial charge in [-0.15, -0.1) is 0 Å². The average molecular weight is 798 g/mol. The first-order valence-electron chi connectivity index (χ1n) is 22.4. The highest BCUT2D eigenvalue weighted by molar-refractivity contribution is 6.03. The lowest BCUT2D eigenvalue weighted by atomic mass is 9.33. The van der Waals surface area contributed by atoms with E-state index in [1.807, 2.05) is 13.8 Å². The van der Waals surface area contributed by atoms with Gasteiger partial charge in [-0.05, 0) is 128 Å². The molecule has 0 spiro atoms. The van der Waals surface area contributed by atoms with E-state index in [1.165, 1.54) is 5.57 Å². The van der Waals surface area contributed by atoms with E-state index in [4.69, 9.17) is 9.47 Å². The largest absolute Gasteiger partial charge is 0.464 e. The molecule has 1 aromatic rings. The van der Waals surface area contributed by atoms with Crippen molar-refractivity contribution in [1.82, 2.24) is 15.3 Å². The number of esters is 1. The van der Waals surface area contributed by atoms with Gasteiger partial charge in [-0.2, -0.15) is 0 Å². The van der Waals surface area contributed by atoms with Crippen molar-refractivity contribution in [3.63, 3.8) is 0 Å². The molecule has 0 unspecified atom stereocenters. The maximum Gasteiger partial charge on any atom is 0.310 e. The number of carbonyl (C=O) groups excluding carboxylic acids is 5. The summed E-state index contributed by atoms with van der Waals surface area (Å²) in [5.74, 6) is 0.635. The van der Waals surface area contributed by atoms with E-state index >= 15 is 0 Å². The topological polar surface area (TPSA) is 142 Å². The van der Waals surface area contributed by atoms with Crippen LogP contribution in [0, 0.1) is 62.1 Å². The molecule has 10 heteroatoms.